The summed E-state index contributed by atoms with van der Waals surface area (Å²) in [6.07, 6.45) is 5.24. The van der Waals surface area contributed by atoms with Crippen molar-refractivity contribution >= 4 is 27.5 Å². The fraction of sp³-hybridized carbons (Fsp3) is 0.571. The average Bonchev–Trinajstić information content (AvgIpc) is 2.88. The molecule has 0 amide bonds. The van der Waals surface area contributed by atoms with Gasteiger partial charge in [0.1, 0.15) is 0 Å². The van der Waals surface area contributed by atoms with Crippen LogP contribution < -0.4 is 5.73 Å². The lowest BCUT2D eigenvalue weighted by atomic mass is 10.0. The number of nitrogens with two attached hydrogens (primary N) is 1. The third-order valence-electron chi connectivity index (χ3n) is 3.93. The van der Waals surface area contributed by atoms with E-state index in [0.29, 0.717) is 12.6 Å². The number of hydrogen-bond donors (Lipinski definition) is 1. The Kier molecular flexibility index (Phi) is 5.07. The number of rotatable bonds is 4. The first-order chi connectivity index (χ1) is 8.63. The first-order valence-corrected chi connectivity index (χ1v) is 7.67. The largest absolute Gasteiger partial charge is 0.329 e. The second-order valence-corrected chi connectivity index (χ2v) is 6.31. The molecular weight excluding hydrogens is 312 g/mol. The second-order valence-electron chi connectivity index (χ2n) is 5.02. The van der Waals surface area contributed by atoms with Gasteiger partial charge in [0.25, 0.3) is 0 Å². The van der Waals surface area contributed by atoms with Gasteiger partial charge >= 0.3 is 0 Å². The molecule has 0 heterocycles. The summed E-state index contributed by atoms with van der Waals surface area (Å²) in [7, 11) is 2.18. The van der Waals surface area contributed by atoms with E-state index in [1.807, 2.05) is 18.2 Å². The maximum Gasteiger partial charge on any atom is 0.0482 e. The molecule has 0 bridgehead atoms. The molecule has 4 heteroatoms. The van der Waals surface area contributed by atoms with Gasteiger partial charge in [0.2, 0.25) is 0 Å². The topological polar surface area (TPSA) is 29.3 Å². The van der Waals surface area contributed by atoms with Crippen LogP contribution in [-0.2, 0) is 0 Å². The minimum atomic E-state index is 0.237. The molecule has 1 aliphatic rings. The minimum Gasteiger partial charge on any atom is -0.329 e. The Morgan fingerprint density at radius 3 is 2.72 bits per heavy atom. The summed E-state index contributed by atoms with van der Waals surface area (Å²) >= 11 is 9.71. The molecule has 0 aromatic heterocycles. The van der Waals surface area contributed by atoms with Gasteiger partial charge in [-0.25, -0.2) is 0 Å². The monoisotopic (exact) mass is 330 g/mol. The van der Waals surface area contributed by atoms with Gasteiger partial charge in [0.05, 0.1) is 0 Å². The molecule has 0 spiro atoms. The SMILES string of the molecule is CN(C1CCCC1)C(CN)c1cc(Cl)ccc1Br. The molecule has 1 unspecified atom stereocenters. The van der Waals surface area contributed by atoms with E-state index in [1.165, 1.54) is 31.2 Å². The molecule has 1 aliphatic carbocycles. The number of likely N-dealkylation sites (N-methyl/N-ethyl adjacent to an activating group) is 1. The summed E-state index contributed by atoms with van der Waals surface area (Å²) in [6, 6.07) is 6.82. The van der Waals surface area contributed by atoms with E-state index in [0.717, 1.165) is 9.50 Å². The Balaban J connectivity index is 2.23. The van der Waals surface area contributed by atoms with E-state index in [-0.39, 0.29) is 6.04 Å². The van der Waals surface area contributed by atoms with Crippen LogP contribution in [0.2, 0.25) is 5.02 Å². The van der Waals surface area contributed by atoms with Gasteiger partial charge in [-0.3, -0.25) is 4.90 Å². The lowest BCUT2D eigenvalue weighted by Crippen LogP contribution is -2.37. The number of hydrogen-bond acceptors (Lipinski definition) is 2. The molecule has 0 aliphatic heterocycles. The molecule has 2 rings (SSSR count). The molecule has 18 heavy (non-hydrogen) atoms. The standard InChI is InChI=1S/C14H20BrClN2/c1-18(11-4-2-3-5-11)14(9-17)12-8-10(16)6-7-13(12)15/h6-8,11,14H,2-5,9,17H2,1H3. The van der Waals surface area contributed by atoms with E-state index in [9.17, 15) is 0 Å². The van der Waals surface area contributed by atoms with Crippen LogP contribution >= 0.6 is 27.5 Å². The molecule has 1 aromatic rings. The van der Waals surface area contributed by atoms with Gasteiger partial charge in [-0.2, -0.15) is 0 Å². The number of halogens is 2. The summed E-state index contributed by atoms with van der Waals surface area (Å²) < 4.78 is 1.09. The molecule has 1 saturated carbocycles. The molecule has 1 aromatic carbocycles. The lowest BCUT2D eigenvalue weighted by Gasteiger charge is -2.33. The van der Waals surface area contributed by atoms with Crippen LogP contribution in [0.3, 0.4) is 0 Å². The minimum absolute atomic E-state index is 0.237. The highest BCUT2D eigenvalue weighted by molar-refractivity contribution is 9.10. The molecule has 1 atom stereocenters. The van der Waals surface area contributed by atoms with Gasteiger partial charge in [0.15, 0.2) is 0 Å². The third-order valence-corrected chi connectivity index (χ3v) is 4.89. The first kappa shape index (κ1) is 14.3. The van der Waals surface area contributed by atoms with Crippen molar-refractivity contribution in [3.8, 4) is 0 Å². The quantitative estimate of drug-likeness (QED) is 0.904. The highest BCUT2D eigenvalue weighted by Crippen LogP contribution is 2.33. The maximum atomic E-state index is 6.10. The predicted octanol–water partition coefficient (Wildman–Crippen LogP) is 3.98. The predicted molar refractivity (Wildman–Crippen MR) is 81.0 cm³/mol. The van der Waals surface area contributed by atoms with Gasteiger partial charge < -0.3 is 5.73 Å². The molecule has 0 radical (unpaired) electrons. The Labute approximate surface area is 123 Å². The van der Waals surface area contributed by atoms with Crippen molar-refractivity contribution in [3.63, 3.8) is 0 Å². The van der Waals surface area contributed by atoms with Crippen molar-refractivity contribution in [1.82, 2.24) is 4.90 Å². The summed E-state index contributed by atoms with van der Waals surface area (Å²) in [6.45, 7) is 0.617. The Morgan fingerprint density at radius 2 is 2.11 bits per heavy atom. The first-order valence-electron chi connectivity index (χ1n) is 6.50. The van der Waals surface area contributed by atoms with Crippen molar-refractivity contribution < 1.29 is 0 Å². The summed E-state index contributed by atoms with van der Waals surface area (Å²) in [5.41, 5.74) is 7.18. The van der Waals surface area contributed by atoms with Gasteiger partial charge in [-0.1, -0.05) is 40.4 Å². The van der Waals surface area contributed by atoms with Crippen LogP contribution in [0, 0.1) is 0 Å². The molecular formula is C14H20BrClN2. The molecule has 0 saturated heterocycles. The second kappa shape index (κ2) is 6.38. The number of nitrogens with zero attached hydrogens (tertiary/aromatic N) is 1. The van der Waals surface area contributed by atoms with Crippen molar-refractivity contribution in [3.05, 3.63) is 33.3 Å². The fourth-order valence-corrected chi connectivity index (χ4v) is 3.54. The van der Waals surface area contributed by atoms with Crippen LogP contribution in [0.15, 0.2) is 22.7 Å². The molecule has 2 N–H and O–H groups in total. The highest BCUT2D eigenvalue weighted by atomic mass is 79.9. The van der Waals surface area contributed by atoms with Gasteiger partial charge in [0, 0.05) is 28.1 Å². The zero-order chi connectivity index (χ0) is 13.1. The van der Waals surface area contributed by atoms with Crippen molar-refractivity contribution in [2.45, 2.75) is 37.8 Å². The van der Waals surface area contributed by atoms with E-state index < -0.39 is 0 Å². The molecule has 2 nitrogen and oxygen atoms in total. The zero-order valence-corrected chi connectivity index (χ0v) is 13.0. The van der Waals surface area contributed by atoms with E-state index in [2.05, 4.69) is 27.9 Å². The van der Waals surface area contributed by atoms with Crippen molar-refractivity contribution in [2.24, 2.45) is 5.73 Å². The summed E-state index contributed by atoms with van der Waals surface area (Å²) in [5.74, 6) is 0. The average molecular weight is 332 g/mol. The van der Waals surface area contributed by atoms with E-state index >= 15 is 0 Å². The van der Waals surface area contributed by atoms with Gasteiger partial charge in [-0.05, 0) is 43.7 Å². The number of benzene rings is 1. The molecule has 1 fully saturated rings. The van der Waals surface area contributed by atoms with E-state index in [1.54, 1.807) is 0 Å². The normalized spacial score (nSPS) is 18.5. The third kappa shape index (κ3) is 3.08. The lowest BCUT2D eigenvalue weighted by molar-refractivity contribution is 0.179. The summed E-state index contributed by atoms with van der Waals surface area (Å²) in [5, 5.41) is 0.770. The Bertz CT molecular complexity index is 405. The van der Waals surface area contributed by atoms with Crippen LogP contribution in [0.4, 0.5) is 0 Å². The maximum absolute atomic E-state index is 6.10. The van der Waals surface area contributed by atoms with Gasteiger partial charge in [-0.15, -0.1) is 0 Å². The van der Waals surface area contributed by atoms with Crippen LogP contribution in [0.5, 0.6) is 0 Å². The smallest absolute Gasteiger partial charge is 0.0482 e. The van der Waals surface area contributed by atoms with Crippen LogP contribution in [0.1, 0.15) is 37.3 Å². The Hall–Kier alpha value is -0.0900. The fourth-order valence-electron chi connectivity index (χ4n) is 2.85. The highest BCUT2D eigenvalue weighted by Gasteiger charge is 2.27. The molecule has 100 valence electrons. The Morgan fingerprint density at radius 1 is 1.44 bits per heavy atom. The zero-order valence-electron chi connectivity index (χ0n) is 10.7. The van der Waals surface area contributed by atoms with E-state index in [4.69, 9.17) is 17.3 Å². The summed E-state index contributed by atoms with van der Waals surface area (Å²) in [4.78, 5) is 2.42. The van der Waals surface area contributed by atoms with Crippen LogP contribution in [-0.4, -0.2) is 24.5 Å². The van der Waals surface area contributed by atoms with Crippen LogP contribution in [0.25, 0.3) is 0 Å². The van der Waals surface area contributed by atoms with Crippen molar-refractivity contribution in [1.29, 1.82) is 0 Å². The van der Waals surface area contributed by atoms with Crippen molar-refractivity contribution in [2.75, 3.05) is 13.6 Å².